The molecule has 0 saturated heterocycles. The second-order valence-corrected chi connectivity index (χ2v) is 4.05. The highest BCUT2D eigenvalue weighted by atomic mass is 16.1. The molecule has 1 aliphatic rings. The van der Waals surface area contributed by atoms with Crippen molar-refractivity contribution in [2.45, 2.75) is 51.4 Å². The summed E-state index contributed by atoms with van der Waals surface area (Å²) in [6, 6.07) is 0. The average Bonchev–Trinajstić information content (AvgIpc) is 2.15. The summed E-state index contributed by atoms with van der Waals surface area (Å²) in [6.07, 6.45) is 10.9. The molecule has 74 valence electrons. The summed E-state index contributed by atoms with van der Waals surface area (Å²) < 4.78 is 0. The molecule has 0 spiro atoms. The van der Waals surface area contributed by atoms with Gasteiger partial charge in [0.05, 0.1) is 0 Å². The van der Waals surface area contributed by atoms with Gasteiger partial charge in [-0.1, -0.05) is 31.8 Å². The standard InChI is InChI=1S/C12H20O/c1-2-11-8-6-4-3-5-7-9-12(13)10-11/h2,11H,1,3-10H2. The van der Waals surface area contributed by atoms with Crippen LogP contribution in [0.4, 0.5) is 0 Å². The van der Waals surface area contributed by atoms with Crippen LogP contribution in [0.5, 0.6) is 0 Å². The zero-order valence-electron chi connectivity index (χ0n) is 8.43. The van der Waals surface area contributed by atoms with Gasteiger partial charge in [-0.25, -0.2) is 0 Å². The molecular formula is C12H20O. The van der Waals surface area contributed by atoms with Crippen molar-refractivity contribution < 1.29 is 4.79 Å². The van der Waals surface area contributed by atoms with Crippen molar-refractivity contribution in [3.8, 4) is 0 Å². The largest absolute Gasteiger partial charge is 0.300 e. The van der Waals surface area contributed by atoms with E-state index in [0.29, 0.717) is 11.7 Å². The van der Waals surface area contributed by atoms with Gasteiger partial charge in [0.15, 0.2) is 0 Å². The van der Waals surface area contributed by atoms with Crippen LogP contribution in [-0.4, -0.2) is 5.78 Å². The number of ketones is 1. The summed E-state index contributed by atoms with van der Waals surface area (Å²) in [7, 11) is 0. The maximum Gasteiger partial charge on any atom is 0.133 e. The van der Waals surface area contributed by atoms with E-state index in [1.807, 2.05) is 6.08 Å². The lowest BCUT2D eigenvalue weighted by atomic mass is 9.92. The minimum atomic E-state index is 0.437. The van der Waals surface area contributed by atoms with Gasteiger partial charge in [0.1, 0.15) is 5.78 Å². The number of carbonyl (C=O) groups is 1. The van der Waals surface area contributed by atoms with E-state index in [9.17, 15) is 4.79 Å². The number of Topliss-reactive ketones (excluding diaryl/α,β-unsaturated/α-hetero) is 1. The first-order valence-corrected chi connectivity index (χ1v) is 5.47. The van der Waals surface area contributed by atoms with Crippen LogP contribution in [0.15, 0.2) is 12.7 Å². The van der Waals surface area contributed by atoms with Crippen molar-refractivity contribution in [1.82, 2.24) is 0 Å². The van der Waals surface area contributed by atoms with Crippen molar-refractivity contribution in [1.29, 1.82) is 0 Å². The highest BCUT2D eigenvalue weighted by Crippen LogP contribution is 2.20. The van der Waals surface area contributed by atoms with E-state index in [1.54, 1.807) is 0 Å². The molecular weight excluding hydrogens is 160 g/mol. The van der Waals surface area contributed by atoms with Gasteiger partial charge in [0.2, 0.25) is 0 Å². The van der Waals surface area contributed by atoms with Crippen molar-refractivity contribution in [2.75, 3.05) is 0 Å². The van der Waals surface area contributed by atoms with E-state index in [0.717, 1.165) is 25.7 Å². The van der Waals surface area contributed by atoms with E-state index >= 15 is 0 Å². The van der Waals surface area contributed by atoms with Crippen LogP contribution in [-0.2, 0) is 4.79 Å². The van der Waals surface area contributed by atoms with Crippen LogP contribution < -0.4 is 0 Å². The van der Waals surface area contributed by atoms with Crippen LogP contribution in [0.25, 0.3) is 0 Å². The predicted octanol–water partition coefficient (Wildman–Crippen LogP) is 3.49. The fraction of sp³-hybridized carbons (Fsp3) is 0.750. The summed E-state index contributed by atoms with van der Waals surface area (Å²) in [5.74, 6) is 0.886. The summed E-state index contributed by atoms with van der Waals surface area (Å²) in [5, 5.41) is 0. The SMILES string of the molecule is C=CC1CCCCCCCC(=O)C1. The first-order chi connectivity index (χ1) is 6.33. The molecule has 0 radical (unpaired) electrons. The molecule has 0 amide bonds. The maximum atomic E-state index is 11.4. The predicted molar refractivity (Wildman–Crippen MR) is 55.6 cm³/mol. The van der Waals surface area contributed by atoms with Crippen LogP contribution in [0.1, 0.15) is 51.4 Å². The normalized spacial score (nSPS) is 26.8. The molecule has 1 saturated carbocycles. The third kappa shape index (κ3) is 4.25. The molecule has 0 aromatic heterocycles. The molecule has 13 heavy (non-hydrogen) atoms. The zero-order chi connectivity index (χ0) is 9.52. The molecule has 0 aliphatic heterocycles. The molecule has 1 unspecified atom stereocenters. The molecule has 1 aliphatic carbocycles. The Bertz CT molecular complexity index is 172. The first-order valence-electron chi connectivity index (χ1n) is 5.47. The van der Waals surface area contributed by atoms with Crippen LogP contribution in [0.3, 0.4) is 0 Å². The third-order valence-corrected chi connectivity index (χ3v) is 2.85. The molecule has 1 atom stereocenters. The Morgan fingerprint density at radius 2 is 1.85 bits per heavy atom. The second-order valence-electron chi connectivity index (χ2n) is 4.05. The molecule has 0 bridgehead atoms. The monoisotopic (exact) mass is 180 g/mol. The molecule has 1 nitrogen and oxygen atoms in total. The molecule has 1 fully saturated rings. The van der Waals surface area contributed by atoms with Gasteiger partial charge in [0, 0.05) is 12.8 Å². The van der Waals surface area contributed by atoms with Gasteiger partial charge in [-0.2, -0.15) is 0 Å². The van der Waals surface area contributed by atoms with E-state index in [1.165, 1.54) is 25.7 Å². The van der Waals surface area contributed by atoms with Gasteiger partial charge < -0.3 is 0 Å². The maximum absolute atomic E-state index is 11.4. The number of carbonyl (C=O) groups excluding carboxylic acids is 1. The van der Waals surface area contributed by atoms with Gasteiger partial charge in [-0.15, -0.1) is 6.58 Å². The van der Waals surface area contributed by atoms with Gasteiger partial charge in [-0.05, 0) is 18.8 Å². The summed E-state index contributed by atoms with van der Waals surface area (Å²) >= 11 is 0. The van der Waals surface area contributed by atoms with E-state index in [-0.39, 0.29) is 0 Å². The third-order valence-electron chi connectivity index (χ3n) is 2.85. The Kier molecular flexibility index (Phi) is 4.81. The van der Waals surface area contributed by atoms with Gasteiger partial charge >= 0.3 is 0 Å². The lowest BCUT2D eigenvalue weighted by molar-refractivity contribution is -0.119. The number of hydrogen-bond donors (Lipinski definition) is 0. The minimum Gasteiger partial charge on any atom is -0.300 e. The molecule has 0 aromatic rings. The van der Waals surface area contributed by atoms with Crippen molar-refractivity contribution in [2.24, 2.45) is 5.92 Å². The number of hydrogen-bond acceptors (Lipinski definition) is 1. The highest BCUT2D eigenvalue weighted by Gasteiger charge is 2.11. The van der Waals surface area contributed by atoms with Crippen LogP contribution >= 0.6 is 0 Å². The Morgan fingerprint density at radius 1 is 1.15 bits per heavy atom. The molecule has 0 N–H and O–H groups in total. The zero-order valence-corrected chi connectivity index (χ0v) is 8.43. The van der Waals surface area contributed by atoms with Crippen LogP contribution in [0, 0.1) is 5.92 Å². The van der Waals surface area contributed by atoms with Crippen LogP contribution in [0.2, 0.25) is 0 Å². The number of rotatable bonds is 1. The summed E-state index contributed by atoms with van der Waals surface area (Å²) in [5.41, 5.74) is 0. The average molecular weight is 180 g/mol. The quantitative estimate of drug-likeness (QED) is 0.564. The van der Waals surface area contributed by atoms with E-state index < -0.39 is 0 Å². The molecule has 0 aromatic carbocycles. The van der Waals surface area contributed by atoms with E-state index in [2.05, 4.69) is 6.58 Å². The lowest BCUT2D eigenvalue weighted by Crippen LogP contribution is -2.07. The molecule has 0 heterocycles. The summed E-state index contributed by atoms with van der Waals surface area (Å²) in [4.78, 5) is 11.4. The van der Waals surface area contributed by atoms with Crippen molar-refractivity contribution >= 4 is 5.78 Å². The molecule has 1 rings (SSSR count). The Hall–Kier alpha value is -0.590. The minimum absolute atomic E-state index is 0.437. The number of allylic oxidation sites excluding steroid dienone is 1. The fourth-order valence-electron chi connectivity index (χ4n) is 1.96. The highest BCUT2D eigenvalue weighted by molar-refractivity contribution is 5.78. The Balaban J connectivity index is 2.38. The van der Waals surface area contributed by atoms with Crippen molar-refractivity contribution in [3.63, 3.8) is 0 Å². The Morgan fingerprint density at radius 3 is 2.62 bits per heavy atom. The van der Waals surface area contributed by atoms with Crippen molar-refractivity contribution in [3.05, 3.63) is 12.7 Å². The first kappa shape index (κ1) is 10.5. The van der Waals surface area contributed by atoms with Gasteiger partial charge in [-0.3, -0.25) is 4.79 Å². The topological polar surface area (TPSA) is 17.1 Å². The molecule has 1 heteroatoms. The second kappa shape index (κ2) is 5.95. The fourth-order valence-corrected chi connectivity index (χ4v) is 1.96. The lowest BCUT2D eigenvalue weighted by Gasteiger charge is -2.13. The summed E-state index contributed by atoms with van der Waals surface area (Å²) in [6.45, 7) is 3.79. The van der Waals surface area contributed by atoms with E-state index in [4.69, 9.17) is 0 Å². The Labute approximate surface area is 81.2 Å². The van der Waals surface area contributed by atoms with Gasteiger partial charge in [0.25, 0.3) is 0 Å². The smallest absolute Gasteiger partial charge is 0.133 e.